The predicted molar refractivity (Wildman–Crippen MR) is 89.7 cm³/mol. The molecule has 1 aromatic carbocycles. The van der Waals surface area contributed by atoms with Gasteiger partial charge in [0.2, 0.25) is 0 Å². The maximum absolute atomic E-state index is 8.98. The first-order chi connectivity index (χ1) is 9.94. The number of unbranched alkanes of at least 4 members (excludes halogenated alkanes) is 1. The van der Waals surface area contributed by atoms with E-state index in [1.807, 2.05) is 13.8 Å². The molecule has 0 unspecified atom stereocenters. The van der Waals surface area contributed by atoms with Crippen molar-refractivity contribution in [2.45, 2.75) is 33.1 Å². The smallest absolute Gasteiger partial charge is 0.130 e. The summed E-state index contributed by atoms with van der Waals surface area (Å²) in [7, 11) is 0. The summed E-state index contributed by atoms with van der Waals surface area (Å²) in [6.07, 6.45) is 2.83. The molecule has 0 bridgehead atoms. The highest BCUT2D eigenvalue weighted by Crippen LogP contribution is 2.47. The lowest BCUT2D eigenvalue weighted by Crippen LogP contribution is -2.09. The molecule has 0 saturated carbocycles. The molecule has 2 rings (SSSR count). The zero-order valence-corrected chi connectivity index (χ0v) is 14.2. The van der Waals surface area contributed by atoms with Crippen LogP contribution in [-0.4, -0.2) is 6.54 Å². The van der Waals surface area contributed by atoms with Crippen molar-refractivity contribution in [2.24, 2.45) is 14.1 Å². The fraction of sp³-hybridized carbons (Fsp3) is 0.500. The van der Waals surface area contributed by atoms with E-state index in [1.165, 1.54) is 0 Å². The zero-order valence-electron chi connectivity index (χ0n) is 11.9. The van der Waals surface area contributed by atoms with Crippen LogP contribution < -0.4 is 5.32 Å². The predicted octanol–water partition coefficient (Wildman–Crippen LogP) is 5.85. The SMILES string of the molecule is CC(C)(C#N)CCCCNc1c(Cl)cc(Cl)c2c1N=S=N2. The molecule has 4 nitrogen and oxygen atoms in total. The van der Waals surface area contributed by atoms with Crippen LogP contribution in [0.4, 0.5) is 17.1 Å². The first kappa shape index (κ1) is 16.3. The topological polar surface area (TPSA) is 60.5 Å². The highest BCUT2D eigenvalue weighted by Gasteiger charge is 2.19. The minimum absolute atomic E-state index is 0.260. The number of rotatable bonds is 6. The molecule has 0 fully saturated rings. The number of hydrogen-bond acceptors (Lipinski definition) is 4. The Hall–Kier alpha value is -1.09. The Kier molecular flexibility index (Phi) is 5.26. The third-order valence-corrected chi connectivity index (χ3v) is 4.39. The van der Waals surface area contributed by atoms with Crippen molar-refractivity contribution < 1.29 is 0 Å². The second-order valence-electron chi connectivity index (χ2n) is 5.56. The average molecular weight is 343 g/mol. The van der Waals surface area contributed by atoms with E-state index in [0.717, 1.165) is 48.5 Å². The van der Waals surface area contributed by atoms with Crippen LogP contribution in [0, 0.1) is 16.7 Å². The van der Waals surface area contributed by atoms with Gasteiger partial charge in [-0.05, 0) is 32.8 Å². The molecule has 1 aliphatic heterocycles. The summed E-state index contributed by atoms with van der Waals surface area (Å²) in [5.41, 5.74) is 1.92. The summed E-state index contributed by atoms with van der Waals surface area (Å²) < 4.78 is 8.42. The van der Waals surface area contributed by atoms with Crippen LogP contribution in [0.15, 0.2) is 14.8 Å². The van der Waals surface area contributed by atoms with Gasteiger partial charge in [-0.1, -0.05) is 29.6 Å². The Labute approximate surface area is 138 Å². The molecule has 0 aromatic heterocycles. The third-order valence-electron chi connectivity index (χ3n) is 3.28. The first-order valence-corrected chi connectivity index (χ1v) is 8.18. The third kappa shape index (κ3) is 3.97. The molecule has 1 aromatic rings. The molecular weight excluding hydrogens is 327 g/mol. The van der Waals surface area contributed by atoms with Crippen molar-refractivity contribution in [3.63, 3.8) is 0 Å². The van der Waals surface area contributed by atoms with Crippen LogP contribution in [0.1, 0.15) is 33.1 Å². The molecular formula is C14H16Cl2N4S. The minimum Gasteiger partial charge on any atom is -0.382 e. The van der Waals surface area contributed by atoms with Gasteiger partial charge in [0.15, 0.2) is 0 Å². The summed E-state index contributed by atoms with van der Waals surface area (Å²) in [6, 6.07) is 4.00. The lowest BCUT2D eigenvalue weighted by Gasteiger charge is -2.15. The molecule has 112 valence electrons. The molecule has 0 radical (unpaired) electrons. The number of benzene rings is 1. The molecule has 1 heterocycles. The Morgan fingerprint density at radius 3 is 2.67 bits per heavy atom. The summed E-state index contributed by atoms with van der Waals surface area (Å²) >= 11 is 13.4. The number of nitriles is 1. The molecule has 7 heteroatoms. The van der Waals surface area contributed by atoms with E-state index in [2.05, 4.69) is 20.1 Å². The van der Waals surface area contributed by atoms with Gasteiger partial charge in [-0.2, -0.15) is 14.0 Å². The summed E-state index contributed by atoms with van der Waals surface area (Å²) in [4.78, 5) is 0. The van der Waals surface area contributed by atoms with Crippen LogP contribution in [-0.2, 0) is 11.4 Å². The molecule has 0 amide bonds. The number of halogens is 2. The summed E-state index contributed by atoms with van der Waals surface area (Å²) in [5.74, 6) is 0. The largest absolute Gasteiger partial charge is 0.382 e. The van der Waals surface area contributed by atoms with Crippen molar-refractivity contribution in [2.75, 3.05) is 11.9 Å². The Balaban J connectivity index is 1.93. The van der Waals surface area contributed by atoms with Crippen molar-refractivity contribution in [1.29, 1.82) is 5.26 Å². The number of anilines is 1. The van der Waals surface area contributed by atoms with E-state index >= 15 is 0 Å². The Morgan fingerprint density at radius 1 is 1.24 bits per heavy atom. The van der Waals surface area contributed by atoms with Crippen LogP contribution in [0.3, 0.4) is 0 Å². The van der Waals surface area contributed by atoms with Crippen LogP contribution in [0.2, 0.25) is 10.0 Å². The molecule has 0 aliphatic carbocycles. The maximum atomic E-state index is 8.98. The maximum Gasteiger partial charge on any atom is 0.130 e. The lowest BCUT2D eigenvalue weighted by molar-refractivity contribution is 0.430. The van der Waals surface area contributed by atoms with Gasteiger partial charge in [-0.15, -0.1) is 0 Å². The molecule has 0 saturated heterocycles. The van der Waals surface area contributed by atoms with E-state index in [1.54, 1.807) is 6.07 Å². The Morgan fingerprint density at radius 2 is 1.95 bits per heavy atom. The number of hydrogen-bond donors (Lipinski definition) is 1. The van der Waals surface area contributed by atoms with E-state index in [-0.39, 0.29) is 5.41 Å². The van der Waals surface area contributed by atoms with Gasteiger partial charge in [0, 0.05) is 6.54 Å². The normalized spacial score (nSPS) is 12.7. The number of fused-ring (bicyclic) bond motifs is 1. The summed E-state index contributed by atoms with van der Waals surface area (Å²) in [6.45, 7) is 4.69. The van der Waals surface area contributed by atoms with Gasteiger partial charge in [-0.3, -0.25) is 0 Å². The second-order valence-corrected chi connectivity index (χ2v) is 6.90. The fourth-order valence-electron chi connectivity index (χ4n) is 2.00. The monoisotopic (exact) mass is 342 g/mol. The van der Waals surface area contributed by atoms with Crippen LogP contribution in [0.5, 0.6) is 0 Å². The van der Waals surface area contributed by atoms with Gasteiger partial charge < -0.3 is 5.32 Å². The quantitative estimate of drug-likeness (QED) is 0.669. The van der Waals surface area contributed by atoms with Gasteiger partial charge in [0.25, 0.3) is 0 Å². The fourth-order valence-corrected chi connectivity index (χ4v) is 3.18. The molecule has 1 aliphatic rings. The minimum atomic E-state index is -0.260. The second kappa shape index (κ2) is 6.78. The summed E-state index contributed by atoms with van der Waals surface area (Å²) in [5, 5.41) is 13.4. The standard InChI is InChI=1S/C14H16Cl2N4S/c1-14(2,8-17)5-3-4-6-18-11-9(15)7-10(16)12-13(11)20-21-19-12/h7,18H,3-6H2,1-2H3. The Bertz CT molecular complexity index is 658. The lowest BCUT2D eigenvalue weighted by atomic mass is 9.89. The molecule has 1 N–H and O–H groups in total. The van der Waals surface area contributed by atoms with Gasteiger partial charge in [0.05, 0.1) is 38.6 Å². The van der Waals surface area contributed by atoms with Crippen molar-refractivity contribution >= 4 is 51.6 Å². The van der Waals surface area contributed by atoms with E-state index in [4.69, 9.17) is 28.5 Å². The van der Waals surface area contributed by atoms with Crippen LogP contribution in [0.25, 0.3) is 0 Å². The van der Waals surface area contributed by atoms with E-state index < -0.39 is 0 Å². The van der Waals surface area contributed by atoms with Crippen molar-refractivity contribution in [1.82, 2.24) is 0 Å². The zero-order chi connectivity index (χ0) is 15.5. The van der Waals surface area contributed by atoms with E-state index in [0.29, 0.717) is 15.7 Å². The van der Waals surface area contributed by atoms with Gasteiger partial charge in [-0.25, -0.2) is 0 Å². The molecule has 0 spiro atoms. The highest BCUT2D eigenvalue weighted by molar-refractivity contribution is 7.58. The first-order valence-electron chi connectivity index (χ1n) is 6.70. The van der Waals surface area contributed by atoms with E-state index in [9.17, 15) is 0 Å². The highest BCUT2D eigenvalue weighted by atomic mass is 35.5. The van der Waals surface area contributed by atoms with Gasteiger partial charge >= 0.3 is 0 Å². The average Bonchev–Trinajstić information content (AvgIpc) is 2.91. The number of nitrogens with zero attached hydrogens (tertiary/aromatic N) is 3. The van der Waals surface area contributed by atoms with Crippen LogP contribution >= 0.6 is 23.2 Å². The van der Waals surface area contributed by atoms with Crippen molar-refractivity contribution in [3.8, 4) is 6.07 Å². The van der Waals surface area contributed by atoms with Gasteiger partial charge in [0.1, 0.15) is 11.4 Å². The molecule has 0 atom stereocenters. The molecule has 21 heavy (non-hydrogen) atoms. The number of nitrogens with one attached hydrogen (secondary N) is 1. The van der Waals surface area contributed by atoms with Crippen molar-refractivity contribution in [3.05, 3.63) is 16.1 Å².